The number of aryl methyl sites for hydroxylation is 1. The Morgan fingerprint density at radius 3 is 2.89 bits per heavy atom. The molecule has 1 N–H and O–H groups in total. The van der Waals surface area contributed by atoms with Gasteiger partial charge in [-0.1, -0.05) is 12.1 Å². The largest absolute Gasteiger partial charge is 0.365 e. The molecular formula is C12H13ClN2O2S. The van der Waals surface area contributed by atoms with Gasteiger partial charge in [0.1, 0.15) is 0 Å². The molecule has 0 radical (unpaired) electrons. The lowest BCUT2D eigenvalue weighted by atomic mass is 10.2. The minimum absolute atomic E-state index is 0.229. The van der Waals surface area contributed by atoms with Gasteiger partial charge in [-0.3, -0.25) is 14.5 Å². The number of alkyl halides is 1. The molecule has 0 aromatic heterocycles. The van der Waals surface area contributed by atoms with Crippen molar-refractivity contribution in [1.82, 2.24) is 4.90 Å². The van der Waals surface area contributed by atoms with Crippen molar-refractivity contribution in [3.8, 4) is 0 Å². The lowest BCUT2D eigenvalue weighted by Crippen LogP contribution is -2.35. The molecule has 1 aliphatic rings. The molecule has 0 bridgehead atoms. The first kappa shape index (κ1) is 13.2. The molecule has 18 heavy (non-hydrogen) atoms. The summed E-state index contributed by atoms with van der Waals surface area (Å²) in [7, 11) is 0. The predicted octanol–water partition coefficient (Wildman–Crippen LogP) is 2.67. The highest BCUT2D eigenvalue weighted by atomic mass is 35.5. The molecule has 6 heteroatoms. The van der Waals surface area contributed by atoms with Gasteiger partial charge in [0.2, 0.25) is 0 Å². The molecule has 0 spiro atoms. The maximum absolute atomic E-state index is 12.0. The summed E-state index contributed by atoms with van der Waals surface area (Å²) >= 11 is 6.56. The molecule has 1 aliphatic heterocycles. The fourth-order valence-corrected chi connectivity index (χ4v) is 2.81. The van der Waals surface area contributed by atoms with Crippen LogP contribution in [0.4, 0.5) is 10.5 Å². The lowest BCUT2D eigenvalue weighted by Gasteiger charge is -2.13. The van der Waals surface area contributed by atoms with Gasteiger partial charge in [0, 0.05) is 18.1 Å². The number of carbonyl (C=O) groups is 2. The van der Waals surface area contributed by atoms with Crippen molar-refractivity contribution < 1.29 is 9.59 Å². The number of nitrogens with one attached hydrogen (secondary N) is 1. The second-order valence-electron chi connectivity index (χ2n) is 3.96. The van der Waals surface area contributed by atoms with Crippen molar-refractivity contribution in [1.29, 1.82) is 0 Å². The van der Waals surface area contributed by atoms with E-state index in [1.54, 1.807) is 0 Å². The number of amides is 2. The Bertz CT molecular complexity index is 481. The number of thioether (sulfide) groups is 1. The van der Waals surface area contributed by atoms with Gasteiger partial charge in [-0.05, 0) is 36.4 Å². The van der Waals surface area contributed by atoms with Crippen molar-refractivity contribution in [2.75, 3.05) is 17.7 Å². The number of halogens is 1. The number of hydrogen-bond acceptors (Lipinski definition) is 4. The van der Waals surface area contributed by atoms with Gasteiger partial charge in [-0.2, -0.15) is 0 Å². The Hall–Kier alpha value is -1.20. The first-order chi connectivity index (χ1) is 8.61. The molecule has 1 atom stereocenters. The van der Waals surface area contributed by atoms with Crippen molar-refractivity contribution in [2.45, 2.75) is 12.3 Å². The number of nitrogens with zero attached hydrogens (tertiary/aromatic N) is 1. The van der Waals surface area contributed by atoms with Gasteiger partial charge in [0.15, 0.2) is 5.37 Å². The molecule has 1 heterocycles. The first-order valence-corrected chi connectivity index (χ1v) is 6.94. The summed E-state index contributed by atoms with van der Waals surface area (Å²) in [4.78, 5) is 24.8. The molecule has 2 rings (SSSR count). The SMILES string of the molecule is Cc1cccc(N[C@@H]2SC(=O)N(CCCl)C2=O)c1. The lowest BCUT2D eigenvalue weighted by molar-refractivity contribution is -0.126. The van der Waals surface area contributed by atoms with Crippen LogP contribution >= 0.6 is 23.4 Å². The average molecular weight is 285 g/mol. The van der Waals surface area contributed by atoms with Crippen LogP contribution in [0.15, 0.2) is 24.3 Å². The van der Waals surface area contributed by atoms with E-state index < -0.39 is 5.37 Å². The fraction of sp³-hybridized carbons (Fsp3) is 0.333. The van der Waals surface area contributed by atoms with E-state index in [2.05, 4.69) is 5.32 Å². The van der Waals surface area contributed by atoms with Crippen LogP contribution in [0.3, 0.4) is 0 Å². The summed E-state index contributed by atoms with van der Waals surface area (Å²) < 4.78 is 0. The molecule has 1 fully saturated rings. The van der Waals surface area contributed by atoms with Crippen LogP contribution in [-0.4, -0.2) is 33.8 Å². The van der Waals surface area contributed by atoms with Gasteiger partial charge in [-0.15, -0.1) is 11.6 Å². The zero-order valence-electron chi connectivity index (χ0n) is 9.85. The minimum Gasteiger partial charge on any atom is -0.365 e. The van der Waals surface area contributed by atoms with Crippen molar-refractivity contribution >= 4 is 40.2 Å². The maximum atomic E-state index is 12.0. The molecule has 4 nitrogen and oxygen atoms in total. The Morgan fingerprint density at radius 1 is 1.44 bits per heavy atom. The van der Waals surface area contributed by atoms with Crippen LogP contribution in [0.25, 0.3) is 0 Å². The second-order valence-corrected chi connectivity index (χ2v) is 5.39. The zero-order chi connectivity index (χ0) is 13.1. The Labute approximate surface area is 115 Å². The molecule has 0 unspecified atom stereocenters. The summed E-state index contributed by atoms with van der Waals surface area (Å²) in [6, 6.07) is 7.68. The van der Waals surface area contributed by atoms with E-state index in [1.165, 1.54) is 4.90 Å². The molecule has 1 aromatic rings. The first-order valence-electron chi connectivity index (χ1n) is 5.53. The fourth-order valence-electron chi connectivity index (χ4n) is 1.71. The number of carbonyl (C=O) groups excluding carboxylic acids is 2. The standard InChI is InChI=1S/C12H13ClN2O2S/c1-8-3-2-4-9(7-8)14-10-11(16)15(6-5-13)12(17)18-10/h2-4,7,10,14H,5-6H2,1H3/t10-/m1/s1. The van der Waals surface area contributed by atoms with Crippen LogP contribution in [0, 0.1) is 6.92 Å². The highest BCUT2D eigenvalue weighted by Gasteiger charge is 2.39. The maximum Gasteiger partial charge on any atom is 0.290 e. The molecule has 0 aliphatic carbocycles. The molecule has 2 amide bonds. The average Bonchev–Trinajstić information content (AvgIpc) is 2.57. The summed E-state index contributed by atoms with van der Waals surface area (Å²) in [5, 5.41) is 2.26. The highest BCUT2D eigenvalue weighted by Crippen LogP contribution is 2.28. The van der Waals surface area contributed by atoms with E-state index in [0.29, 0.717) is 0 Å². The van der Waals surface area contributed by atoms with E-state index in [0.717, 1.165) is 23.0 Å². The van der Waals surface area contributed by atoms with E-state index in [4.69, 9.17) is 11.6 Å². The number of anilines is 1. The number of benzene rings is 1. The van der Waals surface area contributed by atoms with Gasteiger partial charge in [0.25, 0.3) is 11.1 Å². The van der Waals surface area contributed by atoms with Gasteiger partial charge < -0.3 is 5.32 Å². The Kier molecular flexibility index (Phi) is 4.14. The monoisotopic (exact) mass is 284 g/mol. The molecular weight excluding hydrogens is 272 g/mol. The zero-order valence-corrected chi connectivity index (χ0v) is 11.4. The highest BCUT2D eigenvalue weighted by molar-refractivity contribution is 8.15. The number of imide groups is 1. The summed E-state index contributed by atoms with van der Waals surface area (Å²) in [6.45, 7) is 2.23. The van der Waals surface area contributed by atoms with E-state index >= 15 is 0 Å². The smallest absolute Gasteiger partial charge is 0.290 e. The quantitative estimate of drug-likeness (QED) is 0.864. The molecule has 0 saturated carbocycles. The molecule has 96 valence electrons. The van der Waals surface area contributed by atoms with Crippen molar-refractivity contribution in [3.05, 3.63) is 29.8 Å². The van der Waals surface area contributed by atoms with Gasteiger partial charge in [-0.25, -0.2) is 0 Å². The van der Waals surface area contributed by atoms with Crippen LogP contribution in [0.1, 0.15) is 5.56 Å². The summed E-state index contributed by atoms with van der Waals surface area (Å²) in [5.41, 5.74) is 1.93. The van der Waals surface area contributed by atoms with Crippen LogP contribution < -0.4 is 5.32 Å². The van der Waals surface area contributed by atoms with Crippen LogP contribution in [0.5, 0.6) is 0 Å². The summed E-state index contributed by atoms with van der Waals surface area (Å²) in [6.07, 6.45) is 0. The van der Waals surface area contributed by atoms with E-state index in [9.17, 15) is 9.59 Å². The van der Waals surface area contributed by atoms with Gasteiger partial charge in [0.05, 0.1) is 0 Å². The molecule has 1 aromatic carbocycles. The minimum atomic E-state index is -0.553. The van der Waals surface area contributed by atoms with Crippen molar-refractivity contribution in [2.24, 2.45) is 0 Å². The number of hydrogen-bond donors (Lipinski definition) is 1. The second kappa shape index (κ2) is 5.63. The molecule has 1 saturated heterocycles. The topological polar surface area (TPSA) is 49.4 Å². The van der Waals surface area contributed by atoms with Gasteiger partial charge >= 0.3 is 0 Å². The third-order valence-corrected chi connectivity index (χ3v) is 3.70. The third-order valence-electron chi connectivity index (χ3n) is 2.55. The normalized spacial score (nSPS) is 19.4. The van der Waals surface area contributed by atoms with E-state index in [-0.39, 0.29) is 23.6 Å². The predicted molar refractivity (Wildman–Crippen MR) is 74.0 cm³/mol. The van der Waals surface area contributed by atoms with Crippen LogP contribution in [0.2, 0.25) is 0 Å². The number of rotatable bonds is 4. The Morgan fingerprint density at radius 2 is 2.22 bits per heavy atom. The Balaban J connectivity index is 2.07. The van der Waals surface area contributed by atoms with Crippen molar-refractivity contribution in [3.63, 3.8) is 0 Å². The van der Waals surface area contributed by atoms with E-state index in [1.807, 2.05) is 31.2 Å². The van der Waals surface area contributed by atoms with Crippen LogP contribution in [-0.2, 0) is 4.79 Å². The summed E-state index contributed by atoms with van der Waals surface area (Å²) in [5.74, 6) is 0.0296. The third kappa shape index (κ3) is 2.79.